The maximum atomic E-state index is 10.7. The second kappa shape index (κ2) is 5.48. The molecule has 3 fully saturated rings. The van der Waals surface area contributed by atoms with Crippen molar-refractivity contribution in [2.24, 2.45) is 5.92 Å². The number of rotatable bonds is 3. The molecule has 2 aliphatic heterocycles. The Morgan fingerprint density at radius 2 is 1.67 bits per heavy atom. The molecule has 0 radical (unpaired) electrons. The molecule has 0 spiro atoms. The van der Waals surface area contributed by atoms with Crippen LogP contribution in [0.25, 0.3) is 0 Å². The lowest BCUT2D eigenvalue weighted by molar-refractivity contribution is -0.0957. The summed E-state index contributed by atoms with van der Waals surface area (Å²) in [6.07, 6.45) is 8.66. The zero-order valence-electron chi connectivity index (χ0n) is 11.6. The minimum Gasteiger partial charge on any atom is -0.390 e. The topological polar surface area (TPSA) is 26.7 Å². The first-order chi connectivity index (χ1) is 8.76. The number of likely N-dealkylation sites (tertiary alicyclic amines) is 2. The highest BCUT2D eigenvalue weighted by Gasteiger charge is 2.42. The van der Waals surface area contributed by atoms with E-state index in [4.69, 9.17) is 0 Å². The van der Waals surface area contributed by atoms with Gasteiger partial charge < -0.3 is 14.9 Å². The lowest BCUT2D eigenvalue weighted by Gasteiger charge is -2.47. The maximum Gasteiger partial charge on any atom is 0.0700 e. The molecule has 2 saturated heterocycles. The number of piperidine rings is 1. The van der Waals surface area contributed by atoms with E-state index in [1.165, 1.54) is 58.3 Å². The normalized spacial score (nSPS) is 38.8. The van der Waals surface area contributed by atoms with E-state index >= 15 is 0 Å². The van der Waals surface area contributed by atoms with Crippen molar-refractivity contribution in [3.05, 3.63) is 0 Å². The summed E-state index contributed by atoms with van der Waals surface area (Å²) in [6, 6.07) is 0. The van der Waals surface area contributed by atoms with E-state index in [0.29, 0.717) is 5.92 Å². The molecule has 0 aromatic heterocycles. The fourth-order valence-corrected chi connectivity index (χ4v) is 4.13. The molecular weight excluding hydrogens is 224 g/mol. The van der Waals surface area contributed by atoms with Crippen LogP contribution in [-0.2, 0) is 0 Å². The van der Waals surface area contributed by atoms with Crippen LogP contribution in [0.4, 0.5) is 0 Å². The third kappa shape index (κ3) is 2.73. The predicted octanol–water partition coefficient (Wildman–Crippen LogP) is 1.71. The Morgan fingerprint density at radius 3 is 2.50 bits per heavy atom. The molecule has 2 unspecified atom stereocenters. The van der Waals surface area contributed by atoms with Crippen molar-refractivity contribution in [2.45, 2.75) is 50.5 Å². The second-order valence-electron chi connectivity index (χ2n) is 6.65. The Bertz CT molecular complexity index is 278. The van der Waals surface area contributed by atoms with Crippen molar-refractivity contribution in [1.82, 2.24) is 9.80 Å². The number of nitrogens with zero attached hydrogens (tertiary/aromatic N) is 2. The summed E-state index contributed by atoms with van der Waals surface area (Å²) in [5.41, 5.74) is -0.303. The van der Waals surface area contributed by atoms with E-state index in [1.54, 1.807) is 0 Å². The Kier molecular flexibility index (Phi) is 3.92. The summed E-state index contributed by atoms with van der Waals surface area (Å²) in [4.78, 5) is 5.20. The van der Waals surface area contributed by atoms with Gasteiger partial charge in [-0.05, 0) is 45.2 Å². The Morgan fingerprint density at radius 1 is 0.889 bits per heavy atom. The number of hydrogen-bond donors (Lipinski definition) is 1. The minimum atomic E-state index is -0.303. The van der Waals surface area contributed by atoms with Gasteiger partial charge in [0.15, 0.2) is 0 Å². The van der Waals surface area contributed by atoms with Crippen LogP contribution in [0, 0.1) is 5.92 Å². The zero-order chi connectivity index (χ0) is 12.4. The summed E-state index contributed by atoms with van der Waals surface area (Å²) in [6.45, 7) is 7.32. The predicted molar refractivity (Wildman–Crippen MR) is 73.6 cm³/mol. The molecule has 3 rings (SSSR count). The summed E-state index contributed by atoms with van der Waals surface area (Å²) in [7, 11) is 0. The van der Waals surface area contributed by atoms with Crippen molar-refractivity contribution in [3.63, 3.8) is 0 Å². The first kappa shape index (κ1) is 12.9. The van der Waals surface area contributed by atoms with E-state index < -0.39 is 0 Å². The van der Waals surface area contributed by atoms with Crippen molar-refractivity contribution in [2.75, 3.05) is 39.3 Å². The fraction of sp³-hybridized carbons (Fsp3) is 1.00. The van der Waals surface area contributed by atoms with Gasteiger partial charge in [-0.25, -0.2) is 0 Å². The van der Waals surface area contributed by atoms with Gasteiger partial charge in [-0.1, -0.05) is 12.8 Å². The molecule has 18 heavy (non-hydrogen) atoms. The molecule has 1 aliphatic carbocycles. The van der Waals surface area contributed by atoms with Crippen LogP contribution in [0.2, 0.25) is 0 Å². The molecule has 1 N–H and O–H groups in total. The van der Waals surface area contributed by atoms with E-state index in [1.807, 2.05) is 0 Å². The van der Waals surface area contributed by atoms with Crippen LogP contribution in [0.5, 0.6) is 0 Å². The second-order valence-corrected chi connectivity index (χ2v) is 6.65. The Hall–Kier alpha value is -0.120. The summed E-state index contributed by atoms with van der Waals surface area (Å²) in [5.74, 6) is 0.554. The monoisotopic (exact) mass is 252 g/mol. The van der Waals surface area contributed by atoms with Crippen molar-refractivity contribution in [1.29, 1.82) is 0 Å². The highest BCUT2D eigenvalue weighted by atomic mass is 16.3. The van der Waals surface area contributed by atoms with Crippen molar-refractivity contribution >= 4 is 0 Å². The summed E-state index contributed by atoms with van der Waals surface area (Å²) < 4.78 is 0. The molecule has 0 aromatic carbocycles. The zero-order valence-corrected chi connectivity index (χ0v) is 11.6. The molecule has 0 bridgehead atoms. The molecule has 2 heterocycles. The van der Waals surface area contributed by atoms with E-state index in [0.717, 1.165) is 25.9 Å². The van der Waals surface area contributed by atoms with Crippen LogP contribution >= 0.6 is 0 Å². The molecule has 104 valence electrons. The Balaban J connectivity index is 1.47. The van der Waals surface area contributed by atoms with Crippen LogP contribution in [0.3, 0.4) is 0 Å². The van der Waals surface area contributed by atoms with E-state index in [-0.39, 0.29) is 5.60 Å². The van der Waals surface area contributed by atoms with Crippen molar-refractivity contribution in [3.8, 4) is 0 Å². The van der Waals surface area contributed by atoms with E-state index in [2.05, 4.69) is 9.80 Å². The quantitative estimate of drug-likeness (QED) is 0.828. The summed E-state index contributed by atoms with van der Waals surface area (Å²) in [5, 5.41) is 10.7. The summed E-state index contributed by atoms with van der Waals surface area (Å²) >= 11 is 0. The largest absolute Gasteiger partial charge is 0.390 e. The highest BCUT2D eigenvalue weighted by Crippen LogP contribution is 2.39. The average Bonchev–Trinajstić information content (AvgIpc) is 2.89. The maximum absolute atomic E-state index is 10.7. The lowest BCUT2D eigenvalue weighted by atomic mass is 9.71. The van der Waals surface area contributed by atoms with Gasteiger partial charge in [0.05, 0.1) is 5.60 Å². The Labute approximate surface area is 111 Å². The molecular formula is C15H28N2O. The molecule has 1 saturated carbocycles. The lowest BCUT2D eigenvalue weighted by Crippen LogP contribution is -2.54. The highest BCUT2D eigenvalue weighted by molar-refractivity contribution is 4.95. The molecule has 2 atom stereocenters. The molecule has 3 heteroatoms. The van der Waals surface area contributed by atoms with Gasteiger partial charge in [-0.15, -0.1) is 0 Å². The van der Waals surface area contributed by atoms with Crippen LogP contribution in [0.1, 0.15) is 44.9 Å². The molecule has 0 aromatic rings. The van der Waals surface area contributed by atoms with Crippen LogP contribution in [-0.4, -0.2) is 59.8 Å². The van der Waals surface area contributed by atoms with Crippen LogP contribution < -0.4 is 0 Å². The smallest absolute Gasteiger partial charge is 0.0700 e. The fourth-order valence-electron chi connectivity index (χ4n) is 4.13. The van der Waals surface area contributed by atoms with Crippen molar-refractivity contribution < 1.29 is 5.11 Å². The first-order valence-electron chi connectivity index (χ1n) is 7.93. The van der Waals surface area contributed by atoms with Gasteiger partial charge in [0.2, 0.25) is 0 Å². The minimum absolute atomic E-state index is 0.303. The van der Waals surface area contributed by atoms with Gasteiger partial charge in [0, 0.05) is 32.1 Å². The van der Waals surface area contributed by atoms with Gasteiger partial charge in [0.1, 0.15) is 0 Å². The number of hydrogen-bond acceptors (Lipinski definition) is 3. The third-order valence-electron chi connectivity index (χ3n) is 5.44. The van der Waals surface area contributed by atoms with Gasteiger partial charge >= 0.3 is 0 Å². The van der Waals surface area contributed by atoms with Gasteiger partial charge in [-0.3, -0.25) is 0 Å². The van der Waals surface area contributed by atoms with Crippen LogP contribution in [0.15, 0.2) is 0 Å². The molecule has 3 aliphatic rings. The van der Waals surface area contributed by atoms with E-state index in [9.17, 15) is 5.11 Å². The van der Waals surface area contributed by atoms with Gasteiger partial charge in [0.25, 0.3) is 0 Å². The molecule has 3 nitrogen and oxygen atoms in total. The first-order valence-corrected chi connectivity index (χ1v) is 7.93. The molecule has 0 amide bonds. The number of fused-ring (bicyclic) bond motifs is 1. The number of aliphatic hydroxyl groups is 1. The standard InChI is InChI=1S/C15H28N2O/c18-15-6-2-1-5-14(15)13-17(10-7-15)12-11-16-8-3-4-9-16/h14,18H,1-13H2. The van der Waals surface area contributed by atoms with Gasteiger partial charge in [-0.2, -0.15) is 0 Å². The third-order valence-corrected chi connectivity index (χ3v) is 5.44. The SMILES string of the molecule is OC12CCCCC1CN(CCN1CCCC1)CC2. The average molecular weight is 252 g/mol.